The van der Waals surface area contributed by atoms with Gasteiger partial charge in [-0.05, 0) is 18.2 Å². The van der Waals surface area contributed by atoms with Crippen molar-refractivity contribution >= 4 is 27.5 Å². The van der Waals surface area contributed by atoms with Crippen molar-refractivity contribution in [3.63, 3.8) is 0 Å². The van der Waals surface area contributed by atoms with Crippen LogP contribution in [-0.4, -0.2) is 30.5 Å². The van der Waals surface area contributed by atoms with Crippen LogP contribution in [0.2, 0.25) is 0 Å². The first-order valence-corrected chi connectivity index (χ1v) is 6.56. The average Bonchev–Trinajstić information content (AvgIpc) is 2.71. The highest BCUT2D eigenvalue weighted by molar-refractivity contribution is 9.10. The van der Waals surface area contributed by atoms with Crippen LogP contribution in [-0.2, 0) is 4.79 Å². The molecule has 1 fully saturated rings. The molecule has 0 saturated carbocycles. The Bertz CT molecular complexity index is 521. The molecular weight excluding hydrogens is 343 g/mol. The number of carbonyl (C=O) groups excluding carboxylic acids is 1. The van der Waals surface area contributed by atoms with E-state index in [9.17, 15) is 18.0 Å². The summed E-state index contributed by atoms with van der Waals surface area (Å²) in [7, 11) is 0. The predicted octanol–water partition coefficient (Wildman–Crippen LogP) is 2.69. The Morgan fingerprint density at radius 1 is 1.45 bits per heavy atom. The summed E-state index contributed by atoms with van der Waals surface area (Å²) >= 11 is 3.15. The highest BCUT2D eigenvalue weighted by Gasteiger charge is 2.36. The molecule has 1 heterocycles. The van der Waals surface area contributed by atoms with Gasteiger partial charge in [-0.25, -0.2) is 0 Å². The molecule has 20 heavy (non-hydrogen) atoms. The molecule has 0 aliphatic carbocycles. The van der Waals surface area contributed by atoms with Gasteiger partial charge in [0.25, 0.3) is 0 Å². The Balaban J connectivity index is 2.35. The van der Waals surface area contributed by atoms with Crippen LogP contribution in [0.25, 0.3) is 0 Å². The third kappa shape index (κ3) is 3.43. The molecule has 1 saturated heterocycles. The number of hydrogen-bond acceptors (Lipinski definition) is 3. The summed E-state index contributed by atoms with van der Waals surface area (Å²) in [5, 5.41) is 9.06. The van der Waals surface area contributed by atoms with Crippen LogP contribution < -0.4 is 9.64 Å². The van der Waals surface area contributed by atoms with E-state index in [0.29, 0.717) is 4.47 Å². The Labute approximate surface area is 121 Å². The van der Waals surface area contributed by atoms with E-state index in [1.54, 1.807) is 0 Å². The maximum atomic E-state index is 12.4. The van der Waals surface area contributed by atoms with Gasteiger partial charge in [0.05, 0.1) is 5.69 Å². The number of benzene rings is 1. The number of anilines is 1. The van der Waals surface area contributed by atoms with Crippen molar-refractivity contribution in [3.05, 3.63) is 22.7 Å². The molecule has 1 aromatic rings. The predicted molar refractivity (Wildman–Crippen MR) is 68.4 cm³/mol. The number of hydrogen-bond donors (Lipinski definition) is 1. The summed E-state index contributed by atoms with van der Waals surface area (Å²) in [5.74, 6) is -1.05. The Morgan fingerprint density at radius 3 is 2.70 bits per heavy atom. The monoisotopic (exact) mass is 353 g/mol. The largest absolute Gasteiger partial charge is 0.573 e. The Kier molecular flexibility index (Phi) is 4.24. The molecular formula is C12H11BrF3NO3. The lowest BCUT2D eigenvalue weighted by atomic mass is 10.1. The molecule has 4 nitrogen and oxygen atoms in total. The highest BCUT2D eigenvalue weighted by atomic mass is 79.9. The van der Waals surface area contributed by atoms with Crippen LogP contribution in [0.15, 0.2) is 22.7 Å². The summed E-state index contributed by atoms with van der Waals surface area (Å²) in [5.41, 5.74) is 0.0395. The Hall–Kier alpha value is -1.28. The average molecular weight is 354 g/mol. The maximum Gasteiger partial charge on any atom is 0.573 e. The number of aliphatic hydroxyl groups is 1. The second kappa shape index (κ2) is 5.61. The lowest BCUT2D eigenvalue weighted by Gasteiger charge is -2.21. The molecule has 1 atom stereocenters. The number of carbonyl (C=O) groups is 1. The van der Waals surface area contributed by atoms with Crippen LogP contribution in [0, 0.1) is 5.92 Å². The van der Waals surface area contributed by atoms with Gasteiger partial charge in [0.1, 0.15) is 0 Å². The number of aliphatic hydroxyl groups excluding tert-OH is 1. The van der Waals surface area contributed by atoms with E-state index in [1.165, 1.54) is 17.0 Å². The summed E-state index contributed by atoms with van der Waals surface area (Å²) in [6, 6.07) is 3.93. The van der Waals surface area contributed by atoms with Gasteiger partial charge in [0.15, 0.2) is 5.75 Å². The number of alkyl halides is 3. The Morgan fingerprint density at radius 2 is 2.15 bits per heavy atom. The van der Waals surface area contributed by atoms with E-state index >= 15 is 0 Å². The summed E-state index contributed by atoms with van der Waals surface area (Å²) in [4.78, 5) is 13.0. The van der Waals surface area contributed by atoms with Crippen LogP contribution >= 0.6 is 15.9 Å². The smallest absolute Gasteiger partial charge is 0.404 e. The fourth-order valence-corrected chi connectivity index (χ4v) is 2.40. The van der Waals surface area contributed by atoms with Crippen molar-refractivity contribution in [3.8, 4) is 5.75 Å². The molecule has 1 aliphatic rings. The quantitative estimate of drug-likeness (QED) is 0.908. The molecule has 0 spiro atoms. The van der Waals surface area contributed by atoms with E-state index in [2.05, 4.69) is 20.7 Å². The van der Waals surface area contributed by atoms with E-state index in [1.807, 2.05) is 0 Å². The van der Waals surface area contributed by atoms with Crippen molar-refractivity contribution in [2.75, 3.05) is 18.1 Å². The van der Waals surface area contributed by atoms with E-state index in [-0.39, 0.29) is 37.1 Å². The number of halogens is 4. The van der Waals surface area contributed by atoms with Gasteiger partial charge in [-0.3, -0.25) is 4.79 Å². The zero-order valence-corrected chi connectivity index (χ0v) is 11.7. The summed E-state index contributed by atoms with van der Waals surface area (Å²) in [6.07, 6.45) is -4.73. The first-order valence-electron chi connectivity index (χ1n) is 5.76. The zero-order chi connectivity index (χ0) is 14.9. The van der Waals surface area contributed by atoms with Gasteiger partial charge < -0.3 is 14.7 Å². The third-order valence-electron chi connectivity index (χ3n) is 2.90. The van der Waals surface area contributed by atoms with Crippen LogP contribution in [0.1, 0.15) is 6.42 Å². The normalized spacial score (nSPS) is 19.6. The molecule has 1 amide bonds. The number of ether oxygens (including phenoxy) is 1. The van der Waals surface area contributed by atoms with Crippen LogP contribution in [0.3, 0.4) is 0 Å². The van der Waals surface area contributed by atoms with E-state index in [4.69, 9.17) is 5.11 Å². The van der Waals surface area contributed by atoms with E-state index < -0.39 is 12.1 Å². The topological polar surface area (TPSA) is 49.8 Å². The lowest BCUT2D eigenvalue weighted by Crippen LogP contribution is -2.27. The molecule has 110 valence electrons. The molecule has 0 aromatic heterocycles. The highest BCUT2D eigenvalue weighted by Crippen LogP contribution is 2.37. The SMILES string of the molecule is O=C1CC(CO)CN1c1cc(Br)ccc1OC(F)(F)F. The fourth-order valence-electron chi connectivity index (χ4n) is 2.05. The maximum absolute atomic E-state index is 12.4. The summed E-state index contributed by atoms with van der Waals surface area (Å²) < 4.78 is 41.6. The zero-order valence-electron chi connectivity index (χ0n) is 10.2. The molecule has 8 heteroatoms. The molecule has 1 aliphatic heterocycles. The van der Waals surface area contributed by atoms with Crippen molar-refractivity contribution in [1.82, 2.24) is 0 Å². The first kappa shape index (κ1) is 15.1. The number of rotatable bonds is 3. The molecule has 2 rings (SSSR count). The number of nitrogens with zero attached hydrogens (tertiary/aromatic N) is 1. The molecule has 1 N–H and O–H groups in total. The van der Waals surface area contributed by atoms with Crippen molar-refractivity contribution in [2.24, 2.45) is 5.92 Å². The minimum Gasteiger partial charge on any atom is -0.404 e. The first-order chi connectivity index (χ1) is 9.30. The van der Waals surface area contributed by atoms with Crippen LogP contribution in [0.5, 0.6) is 5.75 Å². The minimum atomic E-state index is -4.83. The van der Waals surface area contributed by atoms with Gasteiger partial charge in [0.2, 0.25) is 5.91 Å². The lowest BCUT2D eigenvalue weighted by molar-refractivity contribution is -0.274. The molecule has 0 bridgehead atoms. The second-order valence-corrected chi connectivity index (χ2v) is 5.33. The van der Waals surface area contributed by atoms with Crippen LogP contribution in [0.4, 0.5) is 18.9 Å². The molecule has 0 radical (unpaired) electrons. The van der Waals surface area contributed by atoms with Crippen molar-refractivity contribution in [1.29, 1.82) is 0 Å². The van der Waals surface area contributed by atoms with E-state index in [0.717, 1.165) is 6.07 Å². The van der Waals surface area contributed by atoms with Gasteiger partial charge in [0, 0.05) is 30.0 Å². The van der Waals surface area contributed by atoms with Gasteiger partial charge >= 0.3 is 6.36 Å². The molecule has 1 aromatic carbocycles. The van der Waals surface area contributed by atoms with Crippen molar-refractivity contribution < 1.29 is 27.8 Å². The standard InChI is InChI=1S/C12H11BrF3NO3/c13-8-1-2-10(20-12(14,15)16)9(4-8)17-5-7(6-18)3-11(17)19/h1-2,4,7,18H,3,5-6H2. The molecule has 1 unspecified atom stereocenters. The van der Waals surface area contributed by atoms with Gasteiger partial charge in [-0.2, -0.15) is 0 Å². The third-order valence-corrected chi connectivity index (χ3v) is 3.39. The number of amides is 1. The van der Waals surface area contributed by atoms with Gasteiger partial charge in [-0.15, -0.1) is 13.2 Å². The van der Waals surface area contributed by atoms with Gasteiger partial charge in [-0.1, -0.05) is 15.9 Å². The second-order valence-electron chi connectivity index (χ2n) is 4.42. The fraction of sp³-hybridized carbons (Fsp3) is 0.417. The summed E-state index contributed by atoms with van der Waals surface area (Å²) in [6.45, 7) is -0.0221. The minimum absolute atomic E-state index is 0.0395. The van der Waals surface area contributed by atoms with Crippen molar-refractivity contribution in [2.45, 2.75) is 12.8 Å².